The monoisotopic (exact) mass is 358 g/mol. The molecule has 0 aliphatic carbocycles. The van der Waals surface area contributed by atoms with Crippen LogP contribution >= 0.6 is 0 Å². The number of nitrogens with one attached hydrogen (secondary N) is 2. The Kier molecular flexibility index (Phi) is 11.4. The van der Waals surface area contributed by atoms with E-state index < -0.39 is 0 Å². The van der Waals surface area contributed by atoms with Crippen LogP contribution < -0.4 is 10.9 Å². The van der Waals surface area contributed by atoms with Crippen LogP contribution in [0, 0.1) is 0 Å². The van der Waals surface area contributed by atoms with E-state index in [0.717, 1.165) is 49.7 Å². The lowest BCUT2D eigenvalue weighted by Crippen LogP contribution is -2.17. The van der Waals surface area contributed by atoms with Crippen molar-refractivity contribution >= 4 is 24.2 Å². The molecule has 0 bridgehead atoms. The second-order valence-corrected chi connectivity index (χ2v) is 6.17. The number of carbonyl (C=O) groups is 2. The molecule has 0 saturated carbocycles. The number of hydrazone groups is 2. The van der Waals surface area contributed by atoms with E-state index in [0.29, 0.717) is 12.8 Å². The average molecular weight is 358 g/mol. The molecule has 0 aliphatic heterocycles. The standard InChI is InChI=1S/C20H30N4O2/c1-3-5-7-9-19(25)23-21-15-17-11-13-18(14-12-17)16-22-24-20(26)10-8-6-4-2/h11-16H,3-10H2,1-2H3,(H,23,25)(H,24,26). The highest BCUT2D eigenvalue weighted by Gasteiger charge is 1.99. The minimum absolute atomic E-state index is 0.0619. The van der Waals surface area contributed by atoms with Crippen LogP contribution in [0.3, 0.4) is 0 Å². The second kappa shape index (κ2) is 13.8. The fourth-order valence-electron chi connectivity index (χ4n) is 2.21. The van der Waals surface area contributed by atoms with E-state index in [1.54, 1.807) is 12.4 Å². The highest BCUT2D eigenvalue weighted by Crippen LogP contribution is 2.01. The summed E-state index contributed by atoms with van der Waals surface area (Å²) < 4.78 is 0. The van der Waals surface area contributed by atoms with E-state index >= 15 is 0 Å². The smallest absolute Gasteiger partial charge is 0.240 e. The molecule has 0 atom stereocenters. The lowest BCUT2D eigenvalue weighted by atomic mass is 10.2. The number of hydrogen-bond acceptors (Lipinski definition) is 4. The molecule has 6 heteroatoms. The van der Waals surface area contributed by atoms with Gasteiger partial charge in [-0.25, -0.2) is 10.9 Å². The van der Waals surface area contributed by atoms with Gasteiger partial charge in [0, 0.05) is 12.8 Å². The van der Waals surface area contributed by atoms with Gasteiger partial charge in [0.05, 0.1) is 12.4 Å². The maximum atomic E-state index is 11.5. The Balaban J connectivity index is 2.34. The lowest BCUT2D eigenvalue weighted by Gasteiger charge is -2.00. The van der Waals surface area contributed by atoms with Gasteiger partial charge in [0.15, 0.2) is 0 Å². The summed E-state index contributed by atoms with van der Waals surface area (Å²) in [5.74, 6) is -0.124. The Morgan fingerprint density at radius 2 is 1.15 bits per heavy atom. The summed E-state index contributed by atoms with van der Waals surface area (Å²) in [5, 5.41) is 7.91. The maximum absolute atomic E-state index is 11.5. The van der Waals surface area contributed by atoms with Crippen molar-refractivity contribution in [2.45, 2.75) is 65.2 Å². The number of nitrogens with zero attached hydrogens (tertiary/aromatic N) is 2. The van der Waals surface area contributed by atoms with Gasteiger partial charge in [0.1, 0.15) is 0 Å². The zero-order valence-electron chi connectivity index (χ0n) is 15.8. The number of rotatable bonds is 12. The Bertz CT molecular complexity index is 541. The Morgan fingerprint density at radius 3 is 1.50 bits per heavy atom. The number of hydrogen-bond donors (Lipinski definition) is 2. The number of carbonyl (C=O) groups excluding carboxylic acids is 2. The van der Waals surface area contributed by atoms with Crippen LogP contribution in [-0.4, -0.2) is 24.2 Å². The van der Waals surface area contributed by atoms with Gasteiger partial charge in [-0.15, -0.1) is 0 Å². The summed E-state index contributed by atoms with van der Waals surface area (Å²) in [7, 11) is 0. The molecule has 0 spiro atoms. The van der Waals surface area contributed by atoms with Crippen LogP contribution in [0.5, 0.6) is 0 Å². The molecule has 6 nitrogen and oxygen atoms in total. The van der Waals surface area contributed by atoms with E-state index in [9.17, 15) is 9.59 Å². The predicted molar refractivity (Wildman–Crippen MR) is 106 cm³/mol. The van der Waals surface area contributed by atoms with E-state index in [1.165, 1.54) is 0 Å². The van der Waals surface area contributed by atoms with Gasteiger partial charge in [-0.2, -0.15) is 10.2 Å². The first-order valence-corrected chi connectivity index (χ1v) is 9.39. The Hall–Kier alpha value is -2.50. The van der Waals surface area contributed by atoms with Gasteiger partial charge >= 0.3 is 0 Å². The van der Waals surface area contributed by atoms with Crippen molar-refractivity contribution < 1.29 is 9.59 Å². The summed E-state index contributed by atoms with van der Waals surface area (Å²) in [6.07, 6.45) is 10.3. The number of amides is 2. The van der Waals surface area contributed by atoms with Crippen molar-refractivity contribution in [2.75, 3.05) is 0 Å². The van der Waals surface area contributed by atoms with E-state index in [2.05, 4.69) is 34.9 Å². The zero-order chi connectivity index (χ0) is 19.0. The third-order valence-corrected chi connectivity index (χ3v) is 3.76. The topological polar surface area (TPSA) is 82.9 Å². The van der Waals surface area contributed by atoms with Crippen LogP contribution in [0.4, 0.5) is 0 Å². The molecule has 1 aromatic carbocycles. The van der Waals surface area contributed by atoms with Gasteiger partial charge in [-0.3, -0.25) is 9.59 Å². The van der Waals surface area contributed by atoms with Crippen molar-refractivity contribution in [3.8, 4) is 0 Å². The largest absolute Gasteiger partial charge is 0.273 e. The third-order valence-electron chi connectivity index (χ3n) is 3.76. The molecule has 0 saturated heterocycles. The SMILES string of the molecule is CCCCCC(=O)NN=Cc1ccc(C=NNC(=O)CCCCC)cc1. The first-order valence-electron chi connectivity index (χ1n) is 9.39. The second-order valence-electron chi connectivity index (χ2n) is 6.17. The van der Waals surface area contributed by atoms with Crippen LogP contribution in [0.2, 0.25) is 0 Å². The Labute approximate surface area is 156 Å². The number of benzene rings is 1. The first-order chi connectivity index (χ1) is 12.7. The summed E-state index contributed by atoms with van der Waals surface area (Å²) in [4.78, 5) is 23.1. The Morgan fingerprint density at radius 1 is 0.769 bits per heavy atom. The molecule has 0 aromatic heterocycles. The minimum Gasteiger partial charge on any atom is -0.273 e. The van der Waals surface area contributed by atoms with Crippen molar-refractivity contribution in [1.82, 2.24) is 10.9 Å². The first kappa shape index (κ1) is 21.5. The van der Waals surface area contributed by atoms with Gasteiger partial charge < -0.3 is 0 Å². The zero-order valence-corrected chi connectivity index (χ0v) is 15.8. The quantitative estimate of drug-likeness (QED) is 0.339. The van der Waals surface area contributed by atoms with Crippen LogP contribution in [0.25, 0.3) is 0 Å². The van der Waals surface area contributed by atoms with Crippen molar-refractivity contribution in [1.29, 1.82) is 0 Å². The van der Waals surface area contributed by atoms with Crippen molar-refractivity contribution in [3.05, 3.63) is 35.4 Å². The molecule has 0 aliphatic rings. The average Bonchev–Trinajstić information content (AvgIpc) is 2.63. The highest BCUT2D eigenvalue weighted by molar-refractivity contribution is 5.85. The molecule has 0 fully saturated rings. The third kappa shape index (κ3) is 10.4. The molecule has 2 N–H and O–H groups in total. The minimum atomic E-state index is -0.0619. The van der Waals surface area contributed by atoms with E-state index in [-0.39, 0.29) is 11.8 Å². The molecule has 0 radical (unpaired) electrons. The molecule has 1 rings (SSSR count). The molecular formula is C20H30N4O2. The fraction of sp³-hybridized carbons (Fsp3) is 0.500. The fourth-order valence-corrected chi connectivity index (χ4v) is 2.21. The van der Waals surface area contributed by atoms with Gasteiger partial charge in [-0.1, -0.05) is 63.8 Å². The van der Waals surface area contributed by atoms with E-state index in [1.807, 2.05) is 24.3 Å². The maximum Gasteiger partial charge on any atom is 0.240 e. The van der Waals surface area contributed by atoms with Gasteiger partial charge in [0.2, 0.25) is 11.8 Å². The van der Waals surface area contributed by atoms with Crippen molar-refractivity contribution in [3.63, 3.8) is 0 Å². The van der Waals surface area contributed by atoms with Crippen LogP contribution in [-0.2, 0) is 9.59 Å². The predicted octanol–water partition coefficient (Wildman–Crippen LogP) is 3.75. The summed E-state index contributed by atoms with van der Waals surface area (Å²) in [6.45, 7) is 4.21. The molecule has 0 unspecified atom stereocenters. The van der Waals surface area contributed by atoms with Crippen LogP contribution in [0.1, 0.15) is 76.3 Å². The molecule has 26 heavy (non-hydrogen) atoms. The van der Waals surface area contributed by atoms with Crippen molar-refractivity contribution in [2.24, 2.45) is 10.2 Å². The normalized spacial score (nSPS) is 11.2. The molecule has 142 valence electrons. The molecule has 1 aromatic rings. The summed E-state index contributed by atoms with van der Waals surface area (Å²) in [6, 6.07) is 7.49. The highest BCUT2D eigenvalue weighted by atomic mass is 16.2. The molecule has 0 heterocycles. The van der Waals surface area contributed by atoms with Crippen LogP contribution in [0.15, 0.2) is 34.5 Å². The van der Waals surface area contributed by atoms with E-state index in [4.69, 9.17) is 0 Å². The lowest BCUT2D eigenvalue weighted by molar-refractivity contribution is -0.122. The van der Waals surface area contributed by atoms with Gasteiger partial charge in [0.25, 0.3) is 0 Å². The number of unbranched alkanes of at least 4 members (excludes halogenated alkanes) is 4. The summed E-state index contributed by atoms with van der Waals surface area (Å²) in [5.41, 5.74) is 6.81. The summed E-state index contributed by atoms with van der Waals surface area (Å²) >= 11 is 0. The molecular weight excluding hydrogens is 328 g/mol. The molecule has 2 amide bonds. The van der Waals surface area contributed by atoms with Gasteiger partial charge in [-0.05, 0) is 24.0 Å².